The van der Waals surface area contributed by atoms with Crippen LogP contribution in [0.5, 0.6) is 0 Å². The van der Waals surface area contributed by atoms with Crippen molar-refractivity contribution < 1.29 is 4.79 Å². The minimum atomic E-state index is 0.0434. The van der Waals surface area contributed by atoms with E-state index in [1.807, 2.05) is 6.92 Å². The maximum absolute atomic E-state index is 11.1. The molecular weight excluding hydrogens is 164 g/mol. The van der Waals surface area contributed by atoms with Gasteiger partial charge >= 0.3 is 0 Å². The van der Waals surface area contributed by atoms with Crippen LogP contribution in [0.15, 0.2) is 5.10 Å². The van der Waals surface area contributed by atoms with Crippen molar-refractivity contribution in [3.8, 4) is 0 Å². The van der Waals surface area contributed by atoms with Crippen LogP contribution in [0.3, 0.4) is 0 Å². The molecule has 74 valence electrons. The molecule has 0 radical (unpaired) electrons. The molecule has 3 heteroatoms. The molecule has 1 aliphatic carbocycles. The molecule has 1 N–H and O–H groups in total. The summed E-state index contributed by atoms with van der Waals surface area (Å²) in [5.74, 6) is 0.688. The molecule has 1 rings (SSSR count). The maximum atomic E-state index is 11.1. The zero-order valence-electron chi connectivity index (χ0n) is 8.47. The molecule has 0 aromatic rings. The van der Waals surface area contributed by atoms with E-state index in [1.54, 1.807) is 0 Å². The topological polar surface area (TPSA) is 41.5 Å². The fraction of sp³-hybridized carbons (Fsp3) is 0.800. The first-order chi connectivity index (χ1) is 6.24. The van der Waals surface area contributed by atoms with E-state index >= 15 is 0 Å². The van der Waals surface area contributed by atoms with Crippen LogP contribution in [0, 0.1) is 5.92 Å². The molecule has 3 nitrogen and oxygen atoms in total. The smallest absolute Gasteiger partial charge is 0.240 e. The van der Waals surface area contributed by atoms with Crippen molar-refractivity contribution in [3.63, 3.8) is 0 Å². The standard InChI is InChI=1S/C10H18N2O/c1-3-4-5-10(13)12-11-8(2)9-6-7-9/h9H,3-7H2,1-2H3,(H,12,13). The summed E-state index contributed by atoms with van der Waals surface area (Å²) in [5, 5.41) is 4.06. The molecule has 0 atom stereocenters. The van der Waals surface area contributed by atoms with Gasteiger partial charge in [0, 0.05) is 12.1 Å². The van der Waals surface area contributed by atoms with E-state index in [0.717, 1.165) is 18.6 Å². The zero-order valence-corrected chi connectivity index (χ0v) is 8.47. The third kappa shape index (κ3) is 4.06. The lowest BCUT2D eigenvalue weighted by molar-refractivity contribution is -0.121. The number of carbonyl (C=O) groups is 1. The van der Waals surface area contributed by atoms with E-state index < -0.39 is 0 Å². The van der Waals surface area contributed by atoms with Crippen LogP contribution in [0.25, 0.3) is 0 Å². The van der Waals surface area contributed by atoms with Gasteiger partial charge in [-0.1, -0.05) is 13.3 Å². The Labute approximate surface area is 79.6 Å². The first kappa shape index (κ1) is 10.2. The number of nitrogens with zero attached hydrogens (tertiary/aromatic N) is 1. The number of hydrogen-bond donors (Lipinski definition) is 1. The van der Waals surface area contributed by atoms with Crippen molar-refractivity contribution in [1.29, 1.82) is 0 Å². The van der Waals surface area contributed by atoms with E-state index in [4.69, 9.17) is 0 Å². The van der Waals surface area contributed by atoms with Crippen molar-refractivity contribution in [2.24, 2.45) is 11.0 Å². The molecule has 0 aliphatic heterocycles. The Morgan fingerprint density at radius 1 is 1.54 bits per heavy atom. The lowest BCUT2D eigenvalue weighted by atomic mass is 10.2. The van der Waals surface area contributed by atoms with Crippen LogP contribution in [-0.4, -0.2) is 11.6 Å². The summed E-state index contributed by atoms with van der Waals surface area (Å²) in [7, 11) is 0. The molecule has 0 aromatic carbocycles. The molecule has 1 amide bonds. The number of rotatable bonds is 5. The molecule has 1 aliphatic rings. The number of hydrazone groups is 1. The van der Waals surface area contributed by atoms with Gasteiger partial charge in [-0.3, -0.25) is 4.79 Å². The van der Waals surface area contributed by atoms with Gasteiger partial charge in [-0.15, -0.1) is 0 Å². The zero-order chi connectivity index (χ0) is 9.68. The van der Waals surface area contributed by atoms with Gasteiger partial charge in [-0.2, -0.15) is 5.10 Å². The van der Waals surface area contributed by atoms with Crippen LogP contribution in [0.1, 0.15) is 46.0 Å². The second-order valence-electron chi connectivity index (χ2n) is 3.67. The number of nitrogens with one attached hydrogen (secondary N) is 1. The molecule has 0 bridgehead atoms. The van der Waals surface area contributed by atoms with Crippen LogP contribution < -0.4 is 5.43 Å². The highest BCUT2D eigenvalue weighted by molar-refractivity contribution is 5.87. The van der Waals surface area contributed by atoms with Crippen molar-refractivity contribution in [1.82, 2.24) is 5.43 Å². The fourth-order valence-corrected chi connectivity index (χ4v) is 1.14. The number of unbranched alkanes of at least 4 members (excludes halogenated alkanes) is 1. The van der Waals surface area contributed by atoms with E-state index in [1.165, 1.54) is 12.8 Å². The minimum Gasteiger partial charge on any atom is -0.273 e. The van der Waals surface area contributed by atoms with Gasteiger partial charge in [0.05, 0.1) is 0 Å². The van der Waals surface area contributed by atoms with Crippen LogP contribution in [-0.2, 0) is 4.79 Å². The Morgan fingerprint density at radius 2 is 2.23 bits per heavy atom. The van der Waals surface area contributed by atoms with E-state index in [9.17, 15) is 4.79 Å². The maximum Gasteiger partial charge on any atom is 0.240 e. The largest absolute Gasteiger partial charge is 0.273 e. The predicted octanol–water partition coefficient (Wildman–Crippen LogP) is 2.08. The molecule has 0 heterocycles. The number of amides is 1. The van der Waals surface area contributed by atoms with Crippen molar-refractivity contribution in [2.75, 3.05) is 0 Å². The number of carbonyl (C=O) groups excluding carboxylic acids is 1. The Balaban J connectivity index is 2.16. The van der Waals surface area contributed by atoms with Crippen LogP contribution >= 0.6 is 0 Å². The van der Waals surface area contributed by atoms with Crippen LogP contribution in [0.2, 0.25) is 0 Å². The summed E-state index contributed by atoms with van der Waals surface area (Å²) >= 11 is 0. The highest BCUT2D eigenvalue weighted by atomic mass is 16.2. The first-order valence-corrected chi connectivity index (χ1v) is 5.07. The Bertz CT molecular complexity index is 207. The fourth-order valence-electron chi connectivity index (χ4n) is 1.14. The molecule has 0 spiro atoms. The quantitative estimate of drug-likeness (QED) is 0.513. The van der Waals surface area contributed by atoms with E-state index in [2.05, 4.69) is 17.5 Å². The Hall–Kier alpha value is -0.860. The third-order valence-corrected chi connectivity index (χ3v) is 2.28. The summed E-state index contributed by atoms with van der Waals surface area (Å²) < 4.78 is 0. The highest BCUT2D eigenvalue weighted by Gasteiger charge is 2.24. The first-order valence-electron chi connectivity index (χ1n) is 5.07. The molecular formula is C10H18N2O. The third-order valence-electron chi connectivity index (χ3n) is 2.28. The van der Waals surface area contributed by atoms with Crippen LogP contribution in [0.4, 0.5) is 0 Å². The average Bonchev–Trinajstić information content (AvgIpc) is 2.93. The lowest BCUT2D eigenvalue weighted by Crippen LogP contribution is -2.18. The predicted molar refractivity (Wildman–Crippen MR) is 53.5 cm³/mol. The van der Waals surface area contributed by atoms with Crippen molar-refractivity contribution in [3.05, 3.63) is 0 Å². The van der Waals surface area contributed by atoms with Gasteiger partial charge in [0.2, 0.25) is 5.91 Å². The monoisotopic (exact) mass is 182 g/mol. The Kier molecular flexibility index (Phi) is 3.93. The van der Waals surface area contributed by atoms with Gasteiger partial charge in [-0.05, 0) is 32.1 Å². The average molecular weight is 182 g/mol. The summed E-state index contributed by atoms with van der Waals surface area (Å²) in [5.41, 5.74) is 3.66. The van der Waals surface area contributed by atoms with Gasteiger partial charge in [0.25, 0.3) is 0 Å². The van der Waals surface area contributed by atoms with Gasteiger partial charge in [0.1, 0.15) is 0 Å². The molecule has 0 aromatic heterocycles. The Morgan fingerprint density at radius 3 is 2.77 bits per heavy atom. The van der Waals surface area contributed by atoms with E-state index in [0.29, 0.717) is 12.3 Å². The van der Waals surface area contributed by atoms with Gasteiger partial charge < -0.3 is 0 Å². The molecule has 1 saturated carbocycles. The van der Waals surface area contributed by atoms with Crippen molar-refractivity contribution in [2.45, 2.75) is 46.0 Å². The highest BCUT2D eigenvalue weighted by Crippen LogP contribution is 2.30. The normalized spacial score (nSPS) is 17.2. The lowest BCUT2D eigenvalue weighted by Gasteiger charge is -1.99. The molecule has 13 heavy (non-hydrogen) atoms. The molecule has 1 fully saturated rings. The summed E-state index contributed by atoms with van der Waals surface area (Å²) in [6.45, 7) is 4.06. The molecule has 0 unspecified atom stereocenters. The minimum absolute atomic E-state index is 0.0434. The SMILES string of the molecule is CCCCC(=O)NN=C(C)C1CC1. The second kappa shape index (κ2) is 5.00. The van der Waals surface area contributed by atoms with Gasteiger partial charge in [-0.25, -0.2) is 5.43 Å². The summed E-state index contributed by atoms with van der Waals surface area (Å²) in [6, 6.07) is 0. The van der Waals surface area contributed by atoms with Gasteiger partial charge in [0.15, 0.2) is 0 Å². The van der Waals surface area contributed by atoms with Crippen molar-refractivity contribution >= 4 is 11.6 Å². The summed E-state index contributed by atoms with van der Waals surface area (Å²) in [4.78, 5) is 11.1. The summed E-state index contributed by atoms with van der Waals surface area (Å²) in [6.07, 6.45) is 5.07. The second-order valence-corrected chi connectivity index (χ2v) is 3.67. The number of hydrogen-bond acceptors (Lipinski definition) is 2. The van der Waals surface area contributed by atoms with E-state index in [-0.39, 0.29) is 5.91 Å². The molecule has 0 saturated heterocycles.